The third-order valence-electron chi connectivity index (χ3n) is 6.08. The van der Waals surface area contributed by atoms with Crippen LogP contribution in [0.4, 0.5) is 0 Å². The Morgan fingerprint density at radius 3 is 3.04 bits per heavy atom. The van der Waals surface area contributed by atoms with Crippen LogP contribution in [0.5, 0.6) is 5.75 Å². The zero-order valence-corrected chi connectivity index (χ0v) is 16.3. The van der Waals surface area contributed by atoms with Crippen molar-refractivity contribution in [3.8, 4) is 5.75 Å². The van der Waals surface area contributed by atoms with E-state index in [-0.39, 0.29) is 23.8 Å². The number of aromatic amines is 1. The predicted octanol–water partition coefficient (Wildman–Crippen LogP) is 1.93. The number of H-pyrrole nitrogens is 1. The quantitative estimate of drug-likeness (QED) is 0.827. The van der Waals surface area contributed by atoms with Crippen molar-refractivity contribution in [1.29, 1.82) is 0 Å². The molecule has 1 aliphatic carbocycles. The van der Waals surface area contributed by atoms with Crippen molar-refractivity contribution in [2.24, 2.45) is 5.92 Å². The highest BCUT2D eigenvalue weighted by molar-refractivity contribution is 5.81. The van der Waals surface area contributed by atoms with E-state index in [0.717, 1.165) is 69.3 Å². The second kappa shape index (κ2) is 7.20. The number of carbonyl (C=O) groups is 1. The van der Waals surface area contributed by atoms with Crippen LogP contribution in [0.25, 0.3) is 0 Å². The van der Waals surface area contributed by atoms with Crippen LogP contribution in [-0.4, -0.2) is 51.7 Å². The fraction of sp³-hybridized carbons (Fsp3) is 0.571. The van der Waals surface area contributed by atoms with Crippen LogP contribution in [0.2, 0.25) is 0 Å². The van der Waals surface area contributed by atoms with E-state index < -0.39 is 0 Å². The molecule has 3 heterocycles. The Kier molecular flexibility index (Phi) is 4.55. The van der Waals surface area contributed by atoms with E-state index in [2.05, 4.69) is 43.6 Å². The Bertz CT molecular complexity index is 875. The summed E-state index contributed by atoms with van der Waals surface area (Å²) in [4.78, 5) is 19.4. The largest absolute Gasteiger partial charge is 0.493 e. The lowest BCUT2D eigenvalue weighted by molar-refractivity contribution is -0.123. The van der Waals surface area contributed by atoms with Gasteiger partial charge in [0.25, 0.3) is 0 Å². The molecule has 0 bridgehead atoms. The second-order valence-electron chi connectivity index (χ2n) is 8.34. The van der Waals surface area contributed by atoms with Crippen molar-refractivity contribution in [1.82, 2.24) is 25.4 Å². The molecule has 2 N–H and O–H groups in total. The van der Waals surface area contributed by atoms with Crippen molar-refractivity contribution in [3.63, 3.8) is 0 Å². The first-order valence-electron chi connectivity index (χ1n) is 10.3. The number of hydrogen-bond donors (Lipinski definition) is 2. The number of ether oxygens (including phenoxy) is 1. The smallest absolute Gasteiger partial charge is 0.223 e. The van der Waals surface area contributed by atoms with Gasteiger partial charge in [-0.3, -0.25) is 14.8 Å². The molecule has 7 nitrogen and oxygen atoms in total. The van der Waals surface area contributed by atoms with Gasteiger partial charge < -0.3 is 10.1 Å². The van der Waals surface area contributed by atoms with Crippen LogP contribution in [0.1, 0.15) is 48.0 Å². The second-order valence-corrected chi connectivity index (χ2v) is 8.34. The third kappa shape index (κ3) is 3.63. The van der Waals surface area contributed by atoms with Crippen LogP contribution in [0, 0.1) is 12.8 Å². The number of aromatic nitrogens is 3. The first-order chi connectivity index (χ1) is 13.7. The van der Waals surface area contributed by atoms with Gasteiger partial charge in [0.15, 0.2) is 5.82 Å². The number of hydrogen-bond acceptors (Lipinski definition) is 5. The Labute approximate surface area is 164 Å². The molecule has 2 aliphatic heterocycles. The molecule has 0 spiro atoms. The highest BCUT2D eigenvalue weighted by atomic mass is 16.5. The number of rotatable bonds is 5. The molecule has 1 saturated heterocycles. The molecule has 5 rings (SSSR count). The lowest BCUT2D eigenvalue weighted by Gasteiger charge is -2.38. The van der Waals surface area contributed by atoms with Crippen LogP contribution >= 0.6 is 0 Å². The normalized spacial score (nSPS) is 24.6. The monoisotopic (exact) mass is 381 g/mol. The van der Waals surface area contributed by atoms with Gasteiger partial charge in [-0.05, 0) is 49.9 Å². The number of nitrogens with zero attached hydrogens (tertiary/aromatic N) is 3. The molecule has 2 atom stereocenters. The minimum absolute atomic E-state index is 0.0508. The Balaban J connectivity index is 1.30. The van der Waals surface area contributed by atoms with Crippen molar-refractivity contribution < 1.29 is 9.53 Å². The number of piperidine rings is 1. The first kappa shape index (κ1) is 17.7. The molecule has 2 aromatic rings. The summed E-state index contributed by atoms with van der Waals surface area (Å²) in [6, 6.07) is 6.57. The number of likely N-dealkylation sites (tertiary alicyclic amines) is 1. The van der Waals surface area contributed by atoms with Crippen LogP contribution in [0.15, 0.2) is 18.2 Å². The maximum Gasteiger partial charge on any atom is 0.223 e. The van der Waals surface area contributed by atoms with Crippen LogP contribution in [0.3, 0.4) is 0 Å². The van der Waals surface area contributed by atoms with Gasteiger partial charge in [0.05, 0.1) is 12.6 Å². The van der Waals surface area contributed by atoms with E-state index in [9.17, 15) is 4.79 Å². The summed E-state index contributed by atoms with van der Waals surface area (Å²) in [7, 11) is 0. The van der Waals surface area contributed by atoms with E-state index in [1.54, 1.807) is 0 Å². The zero-order valence-electron chi connectivity index (χ0n) is 16.3. The number of nitrogens with one attached hydrogen (secondary N) is 2. The van der Waals surface area contributed by atoms with Gasteiger partial charge in [-0.15, -0.1) is 0 Å². The number of carbonyl (C=O) groups excluding carboxylic acids is 1. The lowest BCUT2D eigenvalue weighted by Crippen LogP contribution is -2.52. The SMILES string of the molecule is Cc1nc([C@H]2CCN(Cc3ccc4c(c3)CCO4)C[C@H]2NC(=O)C2CC2)n[nH]1. The maximum atomic E-state index is 12.5. The summed E-state index contributed by atoms with van der Waals surface area (Å²) >= 11 is 0. The molecule has 0 radical (unpaired) electrons. The number of fused-ring (bicyclic) bond motifs is 1. The molecule has 3 aliphatic rings. The number of benzene rings is 1. The van der Waals surface area contributed by atoms with Crippen molar-refractivity contribution in [2.45, 2.75) is 51.1 Å². The van der Waals surface area contributed by atoms with Crippen molar-refractivity contribution >= 4 is 5.91 Å². The zero-order chi connectivity index (χ0) is 19.1. The molecule has 1 amide bonds. The molecular formula is C21H27N5O2. The fourth-order valence-corrected chi connectivity index (χ4v) is 4.39. The summed E-state index contributed by atoms with van der Waals surface area (Å²) in [5, 5.41) is 10.6. The van der Waals surface area contributed by atoms with Crippen LogP contribution < -0.4 is 10.1 Å². The van der Waals surface area contributed by atoms with Gasteiger partial charge >= 0.3 is 0 Å². The minimum atomic E-state index is 0.0508. The molecular weight excluding hydrogens is 354 g/mol. The summed E-state index contributed by atoms with van der Waals surface area (Å²) in [5.41, 5.74) is 2.62. The van der Waals surface area contributed by atoms with E-state index >= 15 is 0 Å². The Morgan fingerprint density at radius 1 is 1.36 bits per heavy atom. The minimum Gasteiger partial charge on any atom is -0.493 e. The summed E-state index contributed by atoms with van der Waals surface area (Å²) < 4.78 is 5.62. The van der Waals surface area contributed by atoms with Gasteiger partial charge in [0.1, 0.15) is 11.6 Å². The number of amides is 1. The summed E-state index contributed by atoms with van der Waals surface area (Å²) in [6.45, 7) is 5.39. The predicted molar refractivity (Wildman–Crippen MR) is 104 cm³/mol. The highest BCUT2D eigenvalue weighted by Gasteiger charge is 2.37. The molecule has 7 heteroatoms. The van der Waals surface area contributed by atoms with Gasteiger partial charge in [-0.1, -0.05) is 12.1 Å². The topological polar surface area (TPSA) is 83.1 Å². The molecule has 148 valence electrons. The standard InChI is InChI=1S/C21H27N5O2/c1-13-22-20(25-24-13)17-6-8-26(12-18(17)23-21(27)15-3-4-15)11-14-2-5-19-16(10-14)7-9-28-19/h2,5,10,15,17-18H,3-4,6-9,11-12H2,1H3,(H,23,27)(H,22,24,25)/t17-,18+/m0/s1. The molecule has 28 heavy (non-hydrogen) atoms. The maximum absolute atomic E-state index is 12.5. The van der Waals surface area contributed by atoms with Crippen molar-refractivity contribution in [3.05, 3.63) is 41.0 Å². The molecule has 1 aromatic carbocycles. The van der Waals surface area contributed by atoms with Gasteiger partial charge in [0.2, 0.25) is 5.91 Å². The van der Waals surface area contributed by atoms with Crippen molar-refractivity contribution in [2.75, 3.05) is 19.7 Å². The van der Waals surface area contributed by atoms with E-state index in [0.29, 0.717) is 0 Å². The highest BCUT2D eigenvalue weighted by Crippen LogP contribution is 2.32. The molecule has 0 unspecified atom stereocenters. The lowest BCUT2D eigenvalue weighted by atomic mass is 9.90. The average molecular weight is 381 g/mol. The Morgan fingerprint density at radius 2 is 2.25 bits per heavy atom. The Hall–Kier alpha value is -2.41. The fourth-order valence-electron chi connectivity index (χ4n) is 4.39. The number of aryl methyl sites for hydroxylation is 1. The van der Waals surface area contributed by atoms with E-state index in [1.165, 1.54) is 11.1 Å². The summed E-state index contributed by atoms with van der Waals surface area (Å²) in [6.07, 6.45) is 3.98. The van der Waals surface area contributed by atoms with E-state index in [1.807, 2.05) is 6.92 Å². The molecule has 2 fully saturated rings. The summed E-state index contributed by atoms with van der Waals surface area (Å²) in [5.74, 6) is 3.24. The third-order valence-corrected chi connectivity index (χ3v) is 6.08. The molecule has 1 saturated carbocycles. The van der Waals surface area contributed by atoms with Gasteiger partial charge in [-0.2, -0.15) is 5.10 Å². The van der Waals surface area contributed by atoms with E-state index in [4.69, 9.17) is 4.74 Å². The first-order valence-corrected chi connectivity index (χ1v) is 10.3. The van der Waals surface area contributed by atoms with Gasteiger partial charge in [-0.25, -0.2) is 4.98 Å². The average Bonchev–Trinajstić information content (AvgIpc) is 3.29. The molecule has 1 aromatic heterocycles. The van der Waals surface area contributed by atoms with Crippen LogP contribution in [-0.2, 0) is 17.8 Å². The van der Waals surface area contributed by atoms with Gasteiger partial charge in [0, 0.05) is 31.3 Å².